The fourth-order valence-electron chi connectivity index (χ4n) is 5.33. The Bertz CT molecular complexity index is 879. The first-order valence-electron chi connectivity index (χ1n) is 10.7. The van der Waals surface area contributed by atoms with Gasteiger partial charge in [-0.2, -0.15) is 0 Å². The molecule has 2 aromatic carbocycles. The zero-order valence-corrected chi connectivity index (χ0v) is 18.3. The highest BCUT2D eigenvalue weighted by Gasteiger charge is 2.41. The van der Waals surface area contributed by atoms with Gasteiger partial charge in [0.05, 0.1) is 0 Å². The smallest absolute Gasteiger partial charge is 0.0406 e. The third kappa shape index (κ3) is 4.66. The van der Waals surface area contributed by atoms with Gasteiger partial charge >= 0.3 is 0 Å². The minimum atomic E-state index is 0.0233. The molecule has 2 aromatic rings. The van der Waals surface area contributed by atoms with Crippen LogP contribution in [0.2, 0.25) is 5.02 Å². The van der Waals surface area contributed by atoms with E-state index in [1.54, 1.807) is 0 Å². The molecule has 1 aliphatic heterocycles. The molecule has 152 valence electrons. The summed E-state index contributed by atoms with van der Waals surface area (Å²) in [5.74, 6) is 0.287. The number of benzene rings is 2. The summed E-state index contributed by atoms with van der Waals surface area (Å²) < 4.78 is 0. The fourth-order valence-corrected chi connectivity index (χ4v) is 5.45. The quantitative estimate of drug-likeness (QED) is 0.689. The molecule has 0 amide bonds. The van der Waals surface area contributed by atoms with Gasteiger partial charge in [0.25, 0.3) is 0 Å². The topological polar surface area (TPSA) is 15.3 Å². The van der Waals surface area contributed by atoms with Gasteiger partial charge in [-0.1, -0.05) is 77.4 Å². The van der Waals surface area contributed by atoms with E-state index >= 15 is 0 Å². The van der Waals surface area contributed by atoms with Crippen molar-refractivity contribution >= 4 is 11.6 Å². The van der Waals surface area contributed by atoms with Gasteiger partial charge in [-0.3, -0.25) is 4.90 Å². The molecule has 2 nitrogen and oxygen atoms in total. The zero-order chi connectivity index (χ0) is 20.3. The van der Waals surface area contributed by atoms with E-state index < -0.39 is 0 Å². The van der Waals surface area contributed by atoms with E-state index in [4.69, 9.17) is 11.6 Å². The van der Waals surface area contributed by atoms with Crippen molar-refractivity contribution in [3.63, 3.8) is 0 Å². The van der Waals surface area contributed by atoms with Crippen LogP contribution in [0.4, 0.5) is 0 Å². The van der Waals surface area contributed by atoms with Crippen LogP contribution in [0.3, 0.4) is 0 Å². The maximum atomic E-state index is 6.25. The van der Waals surface area contributed by atoms with E-state index in [1.165, 1.54) is 22.3 Å². The minimum Gasteiger partial charge on any atom is -0.314 e. The van der Waals surface area contributed by atoms with Crippen molar-refractivity contribution in [1.82, 2.24) is 10.2 Å². The average Bonchev–Trinajstić information content (AvgIpc) is 2.70. The van der Waals surface area contributed by atoms with Gasteiger partial charge in [-0.15, -0.1) is 0 Å². The molecular formula is C26H31ClN2. The maximum Gasteiger partial charge on any atom is 0.0406 e. The van der Waals surface area contributed by atoms with Crippen molar-refractivity contribution in [2.45, 2.75) is 26.2 Å². The number of nitrogens with zero attached hydrogens (tertiary/aromatic N) is 1. The van der Waals surface area contributed by atoms with Gasteiger partial charge in [0.2, 0.25) is 0 Å². The van der Waals surface area contributed by atoms with E-state index in [0.717, 1.165) is 44.2 Å². The van der Waals surface area contributed by atoms with Crippen LogP contribution < -0.4 is 5.32 Å². The van der Waals surface area contributed by atoms with Crippen molar-refractivity contribution in [3.05, 3.63) is 94.0 Å². The van der Waals surface area contributed by atoms with Gasteiger partial charge in [-0.05, 0) is 43.5 Å². The van der Waals surface area contributed by atoms with Crippen molar-refractivity contribution in [3.8, 4) is 0 Å². The molecule has 4 rings (SSSR count). The van der Waals surface area contributed by atoms with Gasteiger partial charge in [0.15, 0.2) is 0 Å². The Morgan fingerprint density at radius 1 is 0.966 bits per heavy atom. The first-order valence-corrected chi connectivity index (χ1v) is 11.0. The summed E-state index contributed by atoms with van der Waals surface area (Å²) in [6, 6.07) is 19.5. The van der Waals surface area contributed by atoms with Crippen molar-refractivity contribution < 1.29 is 0 Å². The van der Waals surface area contributed by atoms with E-state index in [-0.39, 0.29) is 11.3 Å². The number of allylic oxidation sites excluding steroid dienone is 3. The van der Waals surface area contributed by atoms with E-state index in [2.05, 4.69) is 78.7 Å². The second kappa shape index (κ2) is 8.87. The summed E-state index contributed by atoms with van der Waals surface area (Å²) in [4.78, 5) is 2.64. The molecule has 0 bridgehead atoms. The highest BCUT2D eigenvalue weighted by Crippen LogP contribution is 2.49. The molecule has 1 saturated heterocycles. The van der Waals surface area contributed by atoms with Gasteiger partial charge < -0.3 is 5.32 Å². The number of nitrogens with one attached hydrogen (secondary N) is 1. The summed E-state index contributed by atoms with van der Waals surface area (Å²) in [5, 5.41) is 4.29. The molecule has 1 heterocycles. The average molecular weight is 407 g/mol. The second-order valence-electron chi connectivity index (χ2n) is 8.71. The number of piperazine rings is 1. The summed E-state index contributed by atoms with van der Waals surface area (Å²) in [5.41, 5.74) is 5.59. The standard InChI is InChI=1S/C26H31ClN2/c1-20-16-21(2)18-26(17-20,19-29-14-12-28-13-15-29)25(22-6-4-3-5-7-22)23-8-10-24(27)11-9-23/h3-11,16-17,25,28H,12-15,18-19H2,1-2H3. The molecule has 3 heteroatoms. The van der Waals surface area contributed by atoms with Gasteiger partial charge in [0.1, 0.15) is 0 Å². The molecule has 1 fully saturated rings. The first kappa shape index (κ1) is 20.4. The van der Waals surface area contributed by atoms with Crippen LogP contribution in [-0.4, -0.2) is 37.6 Å². The molecule has 1 N–H and O–H groups in total. The van der Waals surface area contributed by atoms with Crippen LogP contribution in [0.5, 0.6) is 0 Å². The maximum absolute atomic E-state index is 6.25. The Labute approximate surface area is 180 Å². The SMILES string of the molecule is CC1=CC(CN2CCNCC2)(C(c2ccccc2)c2ccc(Cl)cc2)CC(C)=C1. The molecule has 1 aliphatic carbocycles. The molecule has 29 heavy (non-hydrogen) atoms. The van der Waals surface area contributed by atoms with Crippen LogP contribution in [0, 0.1) is 5.41 Å². The normalized spacial score (nSPS) is 24.0. The second-order valence-corrected chi connectivity index (χ2v) is 9.15. The third-order valence-electron chi connectivity index (χ3n) is 6.24. The van der Waals surface area contributed by atoms with Gasteiger partial charge in [-0.25, -0.2) is 0 Å². The summed E-state index contributed by atoms with van der Waals surface area (Å²) in [6.07, 6.45) is 5.98. The van der Waals surface area contributed by atoms with Crippen LogP contribution >= 0.6 is 11.6 Å². The van der Waals surface area contributed by atoms with Crippen LogP contribution in [0.25, 0.3) is 0 Å². The molecular weight excluding hydrogens is 376 g/mol. The highest BCUT2D eigenvalue weighted by atomic mass is 35.5. The lowest BCUT2D eigenvalue weighted by Gasteiger charge is -2.46. The summed E-state index contributed by atoms with van der Waals surface area (Å²) in [6.45, 7) is 9.97. The van der Waals surface area contributed by atoms with Crippen LogP contribution in [0.15, 0.2) is 77.9 Å². The molecule has 2 atom stereocenters. The number of halogens is 1. The van der Waals surface area contributed by atoms with Crippen LogP contribution in [0.1, 0.15) is 37.3 Å². The Balaban J connectivity index is 1.83. The molecule has 0 radical (unpaired) electrons. The third-order valence-corrected chi connectivity index (χ3v) is 6.49. The van der Waals surface area contributed by atoms with Crippen molar-refractivity contribution in [1.29, 1.82) is 0 Å². The van der Waals surface area contributed by atoms with Gasteiger partial charge in [0, 0.05) is 49.1 Å². The number of hydrogen-bond acceptors (Lipinski definition) is 2. The Kier molecular flexibility index (Phi) is 6.24. The van der Waals surface area contributed by atoms with Crippen LogP contribution in [-0.2, 0) is 0 Å². The fraction of sp³-hybridized carbons (Fsp3) is 0.385. The zero-order valence-electron chi connectivity index (χ0n) is 17.5. The Morgan fingerprint density at radius 2 is 1.62 bits per heavy atom. The molecule has 2 unspecified atom stereocenters. The van der Waals surface area contributed by atoms with Crippen molar-refractivity contribution in [2.24, 2.45) is 5.41 Å². The monoisotopic (exact) mass is 406 g/mol. The molecule has 0 saturated carbocycles. The Morgan fingerprint density at radius 3 is 2.28 bits per heavy atom. The summed E-state index contributed by atoms with van der Waals surface area (Å²) >= 11 is 6.25. The molecule has 2 aliphatic rings. The lowest BCUT2D eigenvalue weighted by molar-refractivity contribution is 0.152. The molecule has 0 spiro atoms. The van der Waals surface area contributed by atoms with E-state index in [9.17, 15) is 0 Å². The summed E-state index contributed by atoms with van der Waals surface area (Å²) in [7, 11) is 0. The predicted octanol–water partition coefficient (Wildman–Crippen LogP) is 5.66. The van der Waals surface area contributed by atoms with E-state index in [0.29, 0.717) is 0 Å². The van der Waals surface area contributed by atoms with Crippen molar-refractivity contribution in [2.75, 3.05) is 32.7 Å². The molecule has 0 aromatic heterocycles. The van der Waals surface area contributed by atoms with E-state index in [1.807, 2.05) is 12.1 Å². The highest BCUT2D eigenvalue weighted by molar-refractivity contribution is 6.30. The largest absolute Gasteiger partial charge is 0.314 e. The number of rotatable bonds is 5. The lowest BCUT2D eigenvalue weighted by Crippen LogP contribution is -2.49. The predicted molar refractivity (Wildman–Crippen MR) is 124 cm³/mol. The number of hydrogen-bond donors (Lipinski definition) is 1. The Hall–Kier alpha value is -1.87. The minimum absolute atomic E-state index is 0.0233. The first-order chi connectivity index (χ1) is 14.1. The lowest BCUT2D eigenvalue weighted by atomic mass is 9.63.